The zero-order chi connectivity index (χ0) is 14.2. The van der Waals surface area contributed by atoms with Gasteiger partial charge in [-0.2, -0.15) is 0 Å². The molecule has 0 unspecified atom stereocenters. The predicted octanol–water partition coefficient (Wildman–Crippen LogP) is 4.24. The molecule has 108 valence electrons. The Morgan fingerprint density at radius 2 is 1.80 bits per heavy atom. The van der Waals surface area contributed by atoms with Crippen LogP contribution in [-0.4, -0.2) is 18.1 Å². The first kappa shape index (κ1) is 14.3. The molecule has 0 bridgehead atoms. The Bertz CT molecular complexity index is 513. The Hall–Kier alpha value is -0.610. The van der Waals surface area contributed by atoms with Gasteiger partial charge in [0.15, 0.2) is 0 Å². The first-order valence-corrected chi connectivity index (χ1v) is 8.64. The van der Waals surface area contributed by atoms with E-state index < -0.39 is 0 Å². The zero-order valence-electron chi connectivity index (χ0n) is 11.7. The molecule has 3 rings (SSSR count). The van der Waals surface area contributed by atoms with Gasteiger partial charge in [0.2, 0.25) is 0 Å². The zero-order valence-corrected chi connectivity index (χ0v) is 14.1. The van der Waals surface area contributed by atoms with Crippen LogP contribution in [0.5, 0.6) is 0 Å². The Morgan fingerprint density at radius 3 is 2.40 bits per heavy atom. The van der Waals surface area contributed by atoms with E-state index in [1.807, 2.05) is 12.1 Å². The van der Waals surface area contributed by atoms with E-state index in [1.54, 1.807) is 0 Å². The van der Waals surface area contributed by atoms with E-state index in [2.05, 4.69) is 26.9 Å². The van der Waals surface area contributed by atoms with Crippen LogP contribution in [0.25, 0.3) is 0 Å². The highest BCUT2D eigenvalue weighted by atomic mass is 79.9. The van der Waals surface area contributed by atoms with E-state index in [4.69, 9.17) is 18.0 Å². The van der Waals surface area contributed by atoms with E-state index in [1.165, 1.54) is 44.2 Å². The van der Waals surface area contributed by atoms with Crippen molar-refractivity contribution in [1.82, 2.24) is 0 Å². The lowest BCUT2D eigenvalue weighted by Crippen LogP contribution is -2.39. The fourth-order valence-corrected chi connectivity index (χ4v) is 4.34. The molecule has 1 saturated carbocycles. The third-order valence-electron chi connectivity index (χ3n) is 5.05. The van der Waals surface area contributed by atoms with E-state index >= 15 is 0 Å². The molecule has 20 heavy (non-hydrogen) atoms. The van der Waals surface area contributed by atoms with Gasteiger partial charge in [-0.1, -0.05) is 41.0 Å². The molecule has 0 aromatic heterocycles. The average molecular weight is 353 g/mol. The van der Waals surface area contributed by atoms with E-state index in [9.17, 15) is 0 Å². The molecular weight excluding hydrogens is 332 g/mol. The fourth-order valence-electron chi connectivity index (χ4n) is 3.82. The lowest BCUT2D eigenvalue weighted by Gasteiger charge is -2.41. The molecule has 1 saturated heterocycles. The Labute approximate surface area is 134 Å². The number of benzene rings is 1. The quantitative estimate of drug-likeness (QED) is 0.807. The SMILES string of the molecule is NC(=S)c1ccc(Br)cc1N1CCC2(CCCC2)CC1. The topological polar surface area (TPSA) is 29.3 Å². The number of piperidine rings is 1. The Kier molecular flexibility index (Phi) is 4.04. The summed E-state index contributed by atoms with van der Waals surface area (Å²) in [5.41, 5.74) is 8.72. The molecule has 2 aliphatic rings. The van der Waals surface area contributed by atoms with Gasteiger partial charge in [0.1, 0.15) is 4.99 Å². The predicted molar refractivity (Wildman–Crippen MR) is 92.4 cm³/mol. The smallest absolute Gasteiger partial charge is 0.106 e. The van der Waals surface area contributed by atoms with Crippen LogP contribution < -0.4 is 10.6 Å². The number of hydrogen-bond acceptors (Lipinski definition) is 2. The van der Waals surface area contributed by atoms with Crippen LogP contribution in [0.2, 0.25) is 0 Å². The van der Waals surface area contributed by atoms with Crippen molar-refractivity contribution in [3.8, 4) is 0 Å². The maximum atomic E-state index is 5.88. The number of rotatable bonds is 2. The summed E-state index contributed by atoms with van der Waals surface area (Å²) in [5.74, 6) is 0. The molecule has 2 nitrogen and oxygen atoms in total. The molecule has 1 heterocycles. The van der Waals surface area contributed by atoms with Crippen LogP contribution in [0.1, 0.15) is 44.1 Å². The van der Waals surface area contributed by atoms with Crippen LogP contribution in [0.4, 0.5) is 5.69 Å². The normalized spacial score (nSPS) is 21.4. The summed E-state index contributed by atoms with van der Waals surface area (Å²) in [6.07, 6.45) is 8.35. The maximum absolute atomic E-state index is 5.88. The molecular formula is C16H21BrN2S. The van der Waals surface area contributed by atoms with Crippen LogP contribution in [0.3, 0.4) is 0 Å². The number of nitrogens with zero attached hydrogens (tertiary/aromatic N) is 1. The van der Waals surface area contributed by atoms with Crippen molar-refractivity contribution < 1.29 is 0 Å². The van der Waals surface area contributed by atoms with Crippen molar-refractivity contribution in [2.75, 3.05) is 18.0 Å². The first-order valence-electron chi connectivity index (χ1n) is 7.44. The van der Waals surface area contributed by atoms with Crippen LogP contribution in [-0.2, 0) is 0 Å². The van der Waals surface area contributed by atoms with Crippen LogP contribution >= 0.6 is 28.1 Å². The van der Waals surface area contributed by atoms with Crippen molar-refractivity contribution in [2.45, 2.75) is 38.5 Å². The van der Waals surface area contributed by atoms with E-state index in [0.29, 0.717) is 10.4 Å². The highest BCUT2D eigenvalue weighted by molar-refractivity contribution is 9.10. The molecule has 2 N–H and O–H groups in total. The van der Waals surface area contributed by atoms with Gasteiger partial charge >= 0.3 is 0 Å². The van der Waals surface area contributed by atoms with Gasteiger partial charge in [0.05, 0.1) is 0 Å². The van der Waals surface area contributed by atoms with Gasteiger partial charge < -0.3 is 10.6 Å². The van der Waals surface area contributed by atoms with Gasteiger partial charge in [-0.3, -0.25) is 0 Å². The summed E-state index contributed by atoms with van der Waals surface area (Å²) in [5, 5.41) is 0. The lowest BCUT2D eigenvalue weighted by atomic mass is 9.77. The molecule has 1 aliphatic carbocycles. The second kappa shape index (κ2) is 5.64. The monoisotopic (exact) mass is 352 g/mol. The molecule has 1 aromatic carbocycles. The molecule has 0 amide bonds. The minimum atomic E-state index is 0.494. The third kappa shape index (κ3) is 2.73. The highest BCUT2D eigenvalue weighted by Gasteiger charge is 2.37. The van der Waals surface area contributed by atoms with Crippen molar-refractivity contribution in [3.05, 3.63) is 28.2 Å². The summed E-state index contributed by atoms with van der Waals surface area (Å²) in [6.45, 7) is 2.26. The molecule has 0 atom stereocenters. The van der Waals surface area contributed by atoms with Gasteiger partial charge in [0, 0.05) is 28.8 Å². The number of thiocarbonyl (C=S) groups is 1. The third-order valence-corrected chi connectivity index (χ3v) is 5.77. The number of nitrogens with two attached hydrogens (primary N) is 1. The number of halogens is 1. The molecule has 2 fully saturated rings. The molecule has 1 spiro atoms. The van der Waals surface area contributed by atoms with Crippen LogP contribution in [0.15, 0.2) is 22.7 Å². The van der Waals surface area contributed by atoms with E-state index in [0.717, 1.165) is 23.1 Å². The average Bonchev–Trinajstić information content (AvgIpc) is 2.87. The van der Waals surface area contributed by atoms with Gasteiger partial charge in [-0.05, 0) is 49.3 Å². The Morgan fingerprint density at radius 1 is 1.15 bits per heavy atom. The summed E-state index contributed by atoms with van der Waals surface area (Å²) in [6, 6.07) is 6.20. The molecule has 1 aliphatic heterocycles. The van der Waals surface area contributed by atoms with Gasteiger partial charge in [0.25, 0.3) is 0 Å². The highest BCUT2D eigenvalue weighted by Crippen LogP contribution is 2.47. The molecule has 1 aromatic rings. The summed E-state index contributed by atoms with van der Waals surface area (Å²) < 4.78 is 1.09. The maximum Gasteiger partial charge on any atom is 0.106 e. The lowest BCUT2D eigenvalue weighted by molar-refractivity contribution is 0.226. The van der Waals surface area contributed by atoms with Gasteiger partial charge in [-0.25, -0.2) is 0 Å². The minimum absolute atomic E-state index is 0.494. The standard InChI is InChI=1S/C16H21BrN2S/c17-12-3-4-13(15(18)20)14(11-12)19-9-7-16(8-10-19)5-1-2-6-16/h3-4,11H,1-2,5-10H2,(H2,18,20). The number of hydrogen-bond donors (Lipinski definition) is 1. The second-order valence-electron chi connectivity index (χ2n) is 6.22. The fraction of sp³-hybridized carbons (Fsp3) is 0.562. The van der Waals surface area contributed by atoms with Crippen molar-refractivity contribution in [3.63, 3.8) is 0 Å². The van der Waals surface area contributed by atoms with E-state index in [-0.39, 0.29) is 0 Å². The summed E-state index contributed by atoms with van der Waals surface area (Å²) in [7, 11) is 0. The van der Waals surface area contributed by atoms with Gasteiger partial charge in [-0.15, -0.1) is 0 Å². The molecule has 0 radical (unpaired) electrons. The van der Waals surface area contributed by atoms with Crippen molar-refractivity contribution in [1.29, 1.82) is 0 Å². The Balaban J connectivity index is 1.80. The van der Waals surface area contributed by atoms with Crippen molar-refractivity contribution in [2.24, 2.45) is 11.1 Å². The summed E-state index contributed by atoms with van der Waals surface area (Å²) >= 11 is 8.76. The van der Waals surface area contributed by atoms with Crippen LogP contribution in [0, 0.1) is 5.41 Å². The largest absolute Gasteiger partial charge is 0.389 e. The number of anilines is 1. The summed E-state index contributed by atoms with van der Waals surface area (Å²) in [4.78, 5) is 2.96. The molecule has 4 heteroatoms. The van der Waals surface area contributed by atoms with Crippen molar-refractivity contribution >= 4 is 38.8 Å². The second-order valence-corrected chi connectivity index (χ2v) is 7.58. The first-order chi connectivity index (χ1) is 9.60. The minimum Gasteiger partial charge on any atom is -0.389 e.